The van der Waals surface area contributed by atoms with Crippen molar-refractivity contribution in [2.75, 3.05) is 33.9 Å². The highest BCUT2D eigenvalue weighted by Crippen LogP contribution is 2.37. The molecule has 0 aromatic heterocycles. The van der Waals surface area contributed by atoms with Gasteiger partial charge in [0.2, 0.25) is 0 Å². The third-order valence-electron chi connectivity index (χ3n) is 2.99. The Labute approximate surface area is 146 Å². The van der Waals surface area contributed by atoms with E-state index in [9.17, 15) is 4.79 Å². The van der Waals surface area contributed by atoms with Gasteiger partial charge in [0.05, 0.1) is 18.2 Å². The number of hydrogen-bond donors (Lipinski definition) is 1. The van der Waals surface area contributed by atoms with Crippen LogP contribution >= 0.6 is 11.6 Å². The summed E-state index contributed by atoms with van der Waals surface area (Å²) in [5.74, 6) is -0.456. The van der Waals surface area contributed by atoms with Gasteiger partial charge in [-0.15, -0.1) is 0 Å². The summed E-state index contributed by atoms with van der Waals surface area (Å²) in [5, 5.41) is 18.1. The summed E-state index contributed by atoms with van der Waals surface area (Å²) < 4.78 is 11.3. The van der Waals surface area contributed by atoms with Crippen LogP contribution in [0.5, 0.6) is 11.5 Å². The summed E-state index contributed by atoms with van der Waals surface area (Å²) in [6.07, 6.45) is 2.07. The van der Waals surface area contributed by atoms with Gasteiger partial charge < -0.3 is 19.5 Å². The second kappa shape index (κ2) is 9.81. The molecule has 0 heterocycles. The zero-order chi connectivity index (χ0) is 18.1. The summed E-state index contributed by atoms with van der Waals surface area (Å²) in [4.78, 5) is 13.0. The van der Waals surface area contributed by atoms with Crippen molar-refractivity contribution in [3.63, 3.8) is 0 Å². The smallest absolute Gasteiger partial charge is 0.346 e. The van der Waals surface area contributed by atoms with Gasteiger partial charge in [-0.25, -0.2) is 4.79 Å². The highest BCUT2D eigenvalue weighted by Gasteiger charge is 2.14. The number of aliphatic carboxylic acids is 1. The monoisotopic (exact) mass is 352 g/mol. The van der Waals surface area contributed by atoms with Gasteiger partial charge in [-0.1, -0.05) is 11.6 Å². The maximum absolute atomic E-state index is 10.9. The van der Waals surface area contributed by atoms with Crippen LogP contribution in [-0.2, 0) is 4.79 Å². The number of rotatable bonds is 9. The molecule has 1 aromatic rings. The van der Waals surface area contributed by atoms with E-state index in [0.717, 1.165) is 13.0 Å². The highest BCUT2D eigenvalue weighted by atomic mass is 35.5. The first-order valence-electron chi connectivity index (χ1n) is 7.48. The molecule has 0 saturated carbocycles. The van der Waals surface area contributed by atoms with E-state index in [2.05, 4.69) is 4.90 Å². The van der Waals surface area contributed by atoms with Gasteiger partial charge in [-0.2, -0.15) is 5.26 Å². The number of carboxylic acids is 1. The number of nitriles is 1. The number of carboxylic acid groups (broad SMARTS) is 1. The molecule has 24 heavy (non-hydrogen) atoms. The molecule has 0 amide bonds. The van der Waals surface area contributed by atoms with Crippen molar-refractivity contribution >= 4 is 23.6 Å². The van der Waals surface area contributed by atoms with Gasteiger partial charge in [-0.3, -0.25) is 0 Å². The third-order valence-corrected chi connectivity index (χ3v) is 3.27. The molecular formula is C17H21ClN2O4. The quantitative estimate of drug-likeness (QED) is 0.418. The first-order chi connectivity index (χ1) is 11.4. The zero-order valence-electron chi connectivity index (χ0n) is 14.0. The van der Waals surface area contributed by atoms with Crippen LogP contribution in [-0.4, -0.2) is 49.8 Å². The Balaban J connectivity index is 3.05. The van der Waals surface area contributed by atoms with Gasteiger partial charge in [0.15, 0.2) is 11.5 Å². The molecule has 0 saturated heterocycles. The first-order valence-corrected chi connectivity index (χ1v) is 7.85. The molecule has 0 unspecified atom stereocenters. The molecule has 1 rings (SSSR count). The number of nitrogens with zero attached hydrogens (tertiary/aromatic N) is 2. The Morgan fingerprint density at radius 3 is 2.67 bits per heavy atom. The molecule has 0 aliphatic carbocycles. The molecule has 130 valence electrons. The summed E-state index contributed by atoms with van der Waals surface area (Å²) in [5.41, 5.74) is 0.0798. The van der Waals surface area contributed by atoms with Crippen molar-refractivity contribution in [2.45, 2.75) is 13.3 Å². The molecule has 0 aliphatic heterocycles. The molecule has 1 N–H and O–H groups in total. The van der Waals surface area contributed by atoms with Crippen LogP contribution in [0.25, 0.3) is 6.08 Å². The Hall–Kier alpha value is -2.23. The molecule has 1 aromatic carbocycles. The average molecular weight is 353 g/mol. The Bertz CT molecular complexity index is 651. The fraction of sp³-hybridized carbons (Fsp3) is 0.412. The van der Waals surface area contributed by atoms with Gasteiger partial charge >= 0.3 is 5.97 Å². The Kier molecular flexibility index (Phi) is 8.10. The molecule has 6 nitrogen and oxygen atoms in total. The fourth-order valence-corrected chi connectivity index (χ4v) is 2.21. The summed E-state index contributed by atoms with van der Waals surface area (Å²) in [7, 11) is 3.96. The van der Waals surface area contributed by atoms with E-state index in [0.29, 0.717) is 35.3 Å². The molecule has 0 atom stereocenters. The van der Waals surface area contributed by atoms with Gasteiger partial charge in [0.1, 0.15) is 11.6 Å². The predicted octanol–water partition coefficient (Wildman–Crippen LogP) is 3.06. The lowest BCUT2D eigenvalue weighted by Gasteiger charge is -2.15. The molecule has 0 radical (unpaired) electrons. The summed E-state index contributed by atoms with van der Waals surface area (Å²) in [6, 6.07) is 4.79. The van der Waals surface area contributed by atoms with E-state index in [1.165, 1.54) is 6.08 Å². The van der Waals surface area contributed by atoms with Crippen LogP contribution in [0.3, 0.4) is 0 Å². The van der Waals surface area contributed by atoms with Gasteiger partial charge in [0, 0.05) is 6.54 Å². The van der Waals surface area contributed by atoms with E-state index in [-0.39, 0.29) is 5.57 Å². The summed E-state index contributed by atoms with van der Waals surface area (Å²) >= 11 is 6.24. The van der Waals surface area contributed by atoms with Crippen molar-refractivity contribution in [1.82, 2.24) is 4.90 Å². The molecule has 0 fully saturated rings. The largest absolute Gasteiger partial charge is 0.490 e. The molecule has 0 bridgehead atoms. The van der Waals surface area contributed by atoms with Crippen molar-refractivity contribution in [2.24, 2.45) is 0 Å². The first kappa shape index (κ1) is 19.8. The van der Waals surface area contributed by atoms with Crippen molar-refractivity contribution in [3.8, 4) is 17.6 Å². The minimum Gasteiger partial charge on any atom is -0.490 e. The maximum Gasteiger partial charge on any atom is 0.346 e. The number of halogens is 1. The number of carbonyl (C=O) groups is 1. The van der Waals surface area contributed by atoms with E-state index in [4.69, 9.17) is 31.4 Å². The van der Waals surface area contributed by atoms with Gasteiger partial charge in [-0.05, 0) is 51.2 Å². The third kappa shape index (κ3) is 6.11. The standard InChI is InChI=1S/C17H21ClN2O4/c1-4-23-15-10-12(8-13(11-19)17(21)22)9-14(18)16(15)24-7-5-6-20(2)3/h8-10H,4-7H2,1-3H3,(H,21,22). The Morgan fingerprint density at radius 2 is 2.12 bits per heavy atom. The van der Waals surface area contributed by atoms with E-state index in [1.807, 2.05) is 21.0 Å². The predicted molar refractivity (Wildman–Crippen MR) is 92.5 cm³/mol. The van der Waals surface area contributed by atoms with Crippen LogP contribution in [0, 0.1) is 11.3 Å². The van der Waals surface area contributed by atoms with E-state index in [1.54, 1.807) is 18.2 Å². The fourth-order valence-electron chi connectivity index (χ4n) is 1.94. The molecule has 7 heteroatoms. The Morgan fingerprint density at radius 1 is 1.42 bits per heavy atom. The van der Waals surface area contributed by atoms with Crippen LogP contribution in [0.1, 0.15) is 18.9 Å². The molecule has 0 aliphatic rings. The second-order valence-electron chi connectivity index (χ2n) is 5.24. The van der Waals surface area contributed by atoms with Crippen LogP contribution in [0.15, 0.2) is 17.7 Å². The second-order valence-corrected chi connectivity index (χ2v) is 5.65. The number of hydrogen-bond acceptors (Lipinski definition) is 5. The lowest BCUT2D eigenvalue weighted by Crippen LogP contribution is -2.15. The minimum atomic E-state index is -1.30. The van der Waals surface area contributed by atoms with Crippen LogP contribution in [0.2, 0.25) is 5.02 Å². The van der Waals surface area contributed by atoms with Crippen LogP contribution in [0.4, 0.5) is 0 Å². The normalized spacial score (nSPS) is 11.2. The lowest BCUT2D eigenvalue weighted by molar-refractivity contribution is -0.132. The van der Waals surface area contributed by atoms with E-state index < -0.39 is 5.97 Å². The molecular weight excluding hydrogens is 332 g/mol. The van der Waals surface area contributed by atoms with Crippen LogP contribution < -0.4 is 9.47 Å². The summed E-state index contributed by atoms with van der Waals surface area (Å²) in [6.45, 7) is 3.59. The van der Waals surface area contributed by atoms with Crippen molar-refractivity contribution in [3.05, 3.63) is 28.3 Å². The molecule has 0 spiro atoms. The zero-order valence-corrected chi connectivity index (χ0v) is 14.8. The average Bonchev–Trinajstić information content (AvgIpc) is 2.50. The maximum atomic E-state index is 10.9. The lowest BCUT2D eigenvalue weighted by atomic mass is 10.1. The topological polar surface area (TPSA) is 82.8 Å². The van der Waals surface area contributed by atoms with Gasteiger partial charge in [0.25, 0.3) is 0 Å². The number of ether oxygens (including phenoxy) is 2. The van der Waals surface area contributed by atoms with Crippen molar-refractivity contribution in [1.29, 1.82) is 5.26 Å². The van der Waals surface area contributed by atoms with Crippen molar-refractivity contribution < 1.29 is 19.4 Å². The SMILES string of the molecule is CCOc1cc(C=C(C#N)C(=O)O)cc(Cl)c1OCCCN(C)C. The van der Waals surface area contributed by atoms with E-state index >= 15 is 0 Å². The minimum absolute atomic E-state index is 0.305. The highest BCUT2D eigenvalue weighted by molar-refractivity contribution is 6.32. The number of benzene rings is 1.